The van der Waals surface area contributed by atoms with E-state index in [1.54, 1.807) is 18.2 Å². The Bertz CT molecular complexity index is 1110. The van der Waals surface area contributed by atoms with Crippen molar-refractivity contribution < 1.29 is 35.9 Å². The van der Waals surface area contributed by atoms with Gasteiger partial charge < -0.3 is 14.4 Å². The largest absolute Gasteiger partial charge is 0.573 e. The van der Waals surface area contributed by atoms with Crippen molar-refractivity contribution in [3.8, 4) is 11.5 Å². The molecular formula is C21H22Cl2F3NO5S. The van der Waals surface area contributed by atoms with Gasteiger partial charge in [-0.25, -0.2) is 8.42 Å². The Kier molecular flexibility index (Phi) is 8.89. The van der Waals surface area contributed by atoms with Crippen LogP contribution in [0.1, 0.15) is 28.3 Å². The third kappa shape index (κ3) is 8.28. The van der Waals surface area contributed by atoms with Gasteiger partial charge in [-0.15, -0.1) is 13.2 Å². The average Bonchev–Trinajstić information content (AvgIpc) is 2.70. The highest BCUT2D eigenvalue weighted by Crippen LogP contribution is 2.31. The van der Waals surface area contributed by atoms with Gasteiger partial charge in [0.1, 0.15) is 21.3 Å². The summed E-state index contributed by atoms with van der Waals surface area (Å²) in [5.41, 5.74) is 0.520. The molecule has 6 nitrogen and oxygen atoms in total. The molecule has 0 saturated carbocycles. The molecule has 33 heavy (non-hydrogen) atoms. The molecule has 0 fully saturated rings. The molecule has 0 heterocycles. The summed E-state index contributed by atoms with van der Waals surface area (Å²) in [7, 11) is -0.566. The minimum atomic E-state index is -4.93. The van der Waals surface area contributed by atoms with Gasteiger partial charge in [0.2, 0.25) is 0 Å². The number of hydrogen-bond donors (Lipinski definition) is 0. The van der Waals surface area contributed by atoms with Crippen LogP contribution in [0.25, 0.3) is 0 Å². The number of carbonyl (C=O) groups is 1. The molecule has 0 aliphatic carbocycles. The minimum absolute atomic E-state index is 0.0554. The van der Waals surface area contributed by atoms with E-state index in [1.165, 1.54) is 25.1 Å². The number of methoxy groups -OCH3 is 1. The van der Waals surface area contributed by atoms with Gasteiger partial charge in [0.15, 0.2) is 0 Å². The van der Waals surface area contributed by atoms with E-state index in [2.05, 4.69) is 4.74 Å². The number of sulfone groups is 1. The lowest BCUT2D eigenvalue weighted by atomic mass is 9.95. The van der Waals surface area contributed by atoms with E-state index in [0.717, 1.165) is 18.4 Å². The van der Waals surface area contributed by atoms with Crippen molar-refractivity contribution in [3.05, 3.63) is 57.6 Å². The standard InChI is InChI=1S/C21H22Cl2F3NO5S/c1-27(20(28)16-11-15(32-21(24,25)26)5-7-19(16)31-2)12-14(8-9-33(3,29)30)13-4-6-17(22)18(23)10-13/h4-7,10-11,14H,8-9,12H2,1-3H3. The molecule has 182 valence electrons. The number of hydrogen-bond acceptors (Lipinski definition) is 5. The monoisotopic (exact) mass is 527 g/mol. The van der Waals surface area contributed by atoms with Gasteiger partial charge >= 0.3 is 6.36 Å². The van der Waals surface area contributed by atoms with E-state index in [-0.39, 0.29) is 35.1 Å². The van der Waals surface area contributed by atoms with Crippen LogP contribution in [0.5, 0.6) is 11.5 Å². The van der Waals surface area contributed by atoms with Gasteiger partial charge in [-0.1, -0.05) is 29.3 Å². The Morgan fingerprint density at radius 3 is 2.33 bits per heavy atom. The predicted octanol–water partition coefficient (Wildman–Crippen LogP) is 5.19. The number of carbonyl (C=O) groups excluding carboxylic acids is 1. The molecular weight excluding hydrogens is 506 g/mol. The third-order valence-corrected chi connectivity index (χ3v) is 6.44. The normalized spacial score (nSPS) is 12.8. The van der Waals surface area contributed by atoms with Crippen molar-refractivity contribution in [2.24, 2.45) is 0 Å². The highest BCUT2D eigenvalue weighted by molar-refractivity contribution is 7.90. The Morgan fingerprint density at radius 1 is 1.12 bits per heavy atom. The van der Waals surface area contributed by atoms with Crippen molar-refractivity contribution in [2.45, 2.75) is 18.7 Å². The average molecular weight is 528 g/mol. The summed E-state index contributed by atoms with van der Waals surface area (Å²) in [5.74, 6) is -1.73. The van der Waals surface area contributed by atoms with E-state index in [4.69, 9.17) is 27.9 Å². The maximum Gasteiger partial charge on any atom is 0.573 e. The zero-order chi connectivity index (χ0) is 25.0. The molecule has 0 N–H and O–H groups in total. The fourth-order valence-corrected chi connectivity index (χ4v) is 4.18. The zero-order valence-corrected chi connectivity index (χ0v) is 20.3. The lowest BCUT2D eigenvalue weighted by Gasteiger charge is -2.26. The lowest BCUT2D eigenvalue weighted by Crippen LogP contribution is -2.32. The summed E-state index contributed by atoms with van der Waals surface area (Å²) >= 11 is 12.1. The number of benzene rings is 2. The summed E-state index contributed by atoms with van der Waals surface area (Å²) < 4.78 is 70.2. The van der Waals surface area contributed by atoms with Gasteiger partial charge in [-0.05, 0) is 42.3 Å². The molecule has 0 saturated heterocycles. The van der Waals surface area contributed by atoms with E-state index in [1.807, 2.05) is 0 Å². The van der Waals surface area contributed by atoms with Crippen molar-refractivity contribution in [3.63, 3.8) is 0 Å². The summed E-state index contributed by atoms with van der Waals surface area (Å²) in [6, 6.07) is 8.01. The highest BCUT2D eigenvalue weighted by Gasteiger charge is 2.32. The summed E-state index contributed by atoms with van der Waals surface area (Å²) in [6.07, 6.45) is -3.64. The maximum atomic E-state index is 13.1. The fourth-order valence-electron chi connectivity index (χ4n) is 3.16. The molecule has 2 aromatic rings. The van der Waals surface area contributed by atoms with Crippen molar-refractivity contribution in [2.75, 3.05) is 32.7 Å². The summed E-state index contributed by atoms with van der Waals surface area (Å²) in [5, 5.41) is 0.587. The van der Waals surface area contributed by atoms with Crippen LogP contribution in [0.15, 0.2) is 36.4 Å². The van der Waals surface area contributed by atoms with Gasteiger partial charge in [-0.3, -0.25) is 4.79 Å². The molecule has 1 amide bonds. The molecule has 12 heteroatoms. The molecule has 0 bridgehead atoms. The molecule has 2 rings (SSSR count). The molecule has 0 aromatic heterocycles. The van der Waals surface area contributed by atoms with Gasteiger partial charge in [0, 0.05) is 25.8 Å². The smallest absolute Gasteiger partial charge is 0.496 e. The number of ether oxygens (including phenoxy) is 2. The van der Waals surface area contributed by atoms with E-state index in [0.29, 0.717) is 10.6 Å². The second-order valence-electron chi connectivity index (χ2n) is 7.38. The second-order valence-corrected chi connectivity index (χ2v) is 10.5. The molecule has 0 aliphatic heterocycles. The van der Waals surface area contributed by atoms with Gasteiger partial charge in [0.05, 0.1) is 28.5 Å². The van der Waals surface area contributed by atoms with Crippen LogP contribution in [0.2, 0.25) is 10.0 Å². The molecule has 1 unspecified atom stereocenters. The Morgan fingerprint density at radius 2 is 1.79 bits per heavy atom. The SMILES string of the molecule is COc1ccc(OC(F)(F)F)cc1C(=O)N(C)CC(CCS(C)(=O)=O)c1ccc(Cl)c(Cl)c1. The number of alkyl halides is 3. The molecule has 2 aromatic carbocycles. The van der Waals surface area contributed by atoms with Crippen LogP contribution in [0.4, 0.5) is 13.2 Å². The molecule has 1 atom stereocenters. The maximum absolute atomic E-state index is 13.1. The molecule has 0 spiro atoms. The first-order valence-electron chi connectivity index (χ1n) is 9.52. The molecule has 0 aliphatic rings. The van der Waals surface area contributed by atoms with Crippen molar-refractivity contribution in [1.29, 1.82) is 0 Å². The quantitative estimate of drug-likeness (QED) is 0.448. The van der Waals surface area contributed by atoms with Crippen LogP contribution in [0, 0.1) is 0 Å². The summed E-state index contributed by atoms with van der Waals surface area (Å²) in [6.45, 7) is 0.0554. The number of nitrogens with zero attached hydrogens (tertiary/aromatic N) is 1. The van der Waals surface area contributed by atoms with Crippen LogP contribution in [-0.2, 0) is 9.84 Å². The van der Waals surface area contributed by atoms with E-state index < -0.39 is 33.8 Å². The zero-order valence-electron chi connectivity index (χ0n) is 17.9. The van der Waals surface area contributed by atoms with Crippen LogP contribution in [0.3, 0.4) is 0 Å². The number of halogens is 5. The Labute approximate surface area is 200 Å². The van der Waals surface area contributed by atoms with Crippen molar-refractivity contribution >= 4 is 38.9 Å². The van der Waals surface area contributed by atoms with E-state index in [9.17, 15) is 26.4 Å². The number of amides is 1. The highest BCUT2D eigenvalue weighted by atomic mass is 35.5. The van der Waals surface area contributed by atoms with E-state index >= 15 is 0 Å². The first kappa shape index (κ1) is 27.1. The first-order valence-corrected chi connectivity index (χ1v) is 12.3. The van der Waals surface area contributed by atoms with Gasteiger partial charge in [-0.2, -0.15) is 0 Å². The summed E-state index contributed by atoms with van der Waals surface area (Å²) in [4.78, 5) is 14.3. The lowest BCUT2D eigenvalue weighted by molar-refractivity contribution is -0.274. The van der Waals surface area contributed by atoms with Crippen molar-refractivity contribution in [1.82, 2.24) is 4.90 Å². The first-order chi connectivity index (χ1) is 15.2. The van der Waals surface area contributed by atoms with Crippen LogP contribution in [-0.4, -0.2) is 58.3 Å². The number of likely N-dealkylation sites (N-methyl/N-ethyl adjacent to an activating group) is 1. The topological polar surface area (TPSA) is 72.9 Å². The Balaban J connectivity index is 2.34. The minimum Gasteiger partial charge on any atom is -0.496 e. The predicted molar refractivity (Wildman–Crippen MR) is 120 cm³/mol. The second kappa shape index (κ2) is 10.8. The van der Waals surface area contributed by atoms with Crippen LogP contribution >= 0.6 is 23.2 Å². The fraction of sp³-hybridized carbons (Fsp3) is 0.381. The third-order valence-electron chi connectivity index (χ3n) is 4.73. The molecule has 0 radical (unpaired) electrons. The van der Waals surface area contributed by atoms with Gasteiger partial charge in [0.25, 0.3) is 5.91 Å². The van der Waals surface area contributed by atoms with Crippen LogP contribution < -0.4 is 9.47 Å². The Hall–Kier alpha value is -2.17. The number of rotatable bonds is 9.